The van der Waals surface area contributed by atoms with Crippen LogP contribution in [-0.2, 0) is 10.0 Å². The van der Waals surface area contributed by atoms with Gasteiger partial charge in [-0.1, -0.05) is 0 Å². The maximum Gasteiger partial charge on any atom is 0.290 e. The molecule has 0 unspecified atom stereocenters. The number of hydrogen-bond donors (Lipinski definition) is 3. The first-order chi connectivity index (χ1) is 9.94. The number of aromatic amines is 1. The molecule has 0 spiro atoms. The van der Waals surface area contributed by atoms with Crippen LogP contribution in [0.5, 0.6) is 0 Å². The predicted molar refractivity (Wildman–Crippen MR) is 76.7 cm³/mol. The Bertz CT molecular complexity index is 742. The largest absolute Gasteiger partial charge is 0.385 e. The Morgan fingerprint density at radius 2 is 2.14 bits per heavy atom. The molecule has 9 nitrogen and oxygen atoms in total. The highest BCUT2D eigenvalue weighted by molar-refractivity contribution is 7.92. The molecule has 0 saturated heterocycles. The molecule has 2 aromatic rings. The zero-order chi connectivity index (χ0) is 15.5. The first-order valence-corrected chi connectivity index (χ1v) is 7.46. The highest BCUT2D eigenvalue weighted by Gasteiger charge is 2.26. The van der Waals surface area contributed by atoms with Gasteiger partial charge in [-0.3, -0.25) is 19.9 Å². The molecule has 1 heterocycles. The second-order valence-electron chi connectivity index (χ2n) is 4.06. The Hall–Kier alpha value is -2.62. The van der Waals surface area contributed by atoms with Crippen molar-refractivity contribution in [2.45, 2.75) is 11.8 Å². The quantitative estimate of drug-likeness (QED) is 0.548. The number of hydrogen-bond acceptors (Lipinski definition) is 6. The number of nitrogens with zero attached hydrogens (tertiary/aromatic N) is 2. The lowest BCUT2D eigenvalue weighted by molar-refractivity contribution is -0.387. The Balaban J connectivity index is 2.48. The minimum atomic E-state index is -4.09. The Morgan fingerprint density at radius 3 is 2.71 bits per heavy atom. The van der Waals surface area contributed by atoms with Crippen molar-refractivity contribution >= 4 is 27.1 Å². The molecule has 2 rings (SSSR count). The van der Waals surface area contributed by atoms with Crippen molar-refractivity contribution in [2.75, 3.05) is 16.6 Å². The Morgan fingerprint density at radius 1 is 1.38 bits per heavy atom. The van der Waals surface area contributed by atoms with Crippen LogP contribution >= 0.6 is 0 Å². The lowest BCUT2D eigenvalue weighted by Gasteiger charge is -2.09. The third-order valence-electron chi connectivity index (χ3n) is 2.58. The lowest BCUT2D eigenvalue weighted by Crippen LogP contribution is -2.15. The summed E-state index contributed by atoms with van der Waals surface area (Å²) in [5.41, 5.74) is 0.182. The molecule has 0 saturated carbocycles. The van der Waals surface area contributed by atoms with Crippen molar-refractivity contribution in [1.82, 2.24) is 10.2 Å². The molecule has 0 atom stereocenters. The van der Waals surface area contributed by atoms with Gasteiger partial charge in [-0.15, -0.1) is 0 Å². The summed E-state index contributed by atoms with van der Waals surface area (Å²) in [6.07, 6.45) is 2.59. The normalized spacial score (nSPS) is 11.1. The highest BCUT2D eigenvalue weighted by Crippen LogP contribution is 2.28. The van der Waals surface area contributed by atoms with E-state index in [1.165, 1.54) is 24.5 Å². The number of nitro groups is 1. The van der Waals surface area contributed by atoms with Crippen LogP contribution in [0.3, 0.4) is 0 Å². The summed E-state index contributed by atoms with van der Waals surface area (Å²) >= 11 is 0. The number of aromatic nitrogens is 2. The topological polar surface area (TPSA) is 130 Å². The van der Waals surface area contributed by atoms with Crippen LogP contribution in [0.25, 0.3) is 0 Å². The molecule has 10 heteroatoms. The fourth-order valence-corrected chi connectivity index (χ4v) is 2.94. The van der Waals surface area contributed by atoms with Crippen LogP contribution < -0.4 is 10.0 Å². The average molecular weight is 311 g/mol. The van der Waals surface area contributed by atoms with E-state index < -0.39 is 25.5 Å². The summed E-state index contributed by atoms with van der Waals surface area (Å²) in [5.74, 6) is 0. The van der Waals surface area contributed by atoms with Crippen LogP contribution in [0.2, 0.25) is 0 Å². The van der Waals surface area contributed by atoms with Crippen molar-refractivity contribution in [3.05, 3.63) is 40.7 Å². The summed E-state index contributed by atoms with van der Waals surface area (Å²) in [4.78, 5) is 9.87. The Kier molecular flexibility index (Phi) is 4.08. The van der Waals surface area contributed by atoms with Gasteiger partial charge in [0.2, 0.25) is 0 Å². The molecule has 0 aliphatic heterocycles. The van der Waals surface area contributed by atoms with Gasteiger partial charge in [0.15, 0.2) is 4.90 Å². The minimum Gasteiger partial charge on any atom is -0.385 e. The number of nitrogens with one attached hydrogen (secondary N) is 3. The molecule has 0 fully saturated rings. The minimum absolute atomic E-state index is 0.193. The first kappa shape index (κ1) is 14.8. The van der Waals surface area contributed by atoms with E-state index in [4.69, 9.17) is 0 Å². The van der Waals surface area contributed by atoms with Crippen LogP contribution in [0.15, 0.2) is 35.5 Å². The van der Waals surface area contributed by atoms with Crippen LogP contribution in [0, 0.1) is 10.1 Å². The third kappa shape index (κ3) is 3.28. The van der Waals surface area contributed by atoms with Gasteiger partial charge in [0, 0.05) is 24.5 Å². The van der Waals surface area contributed by atoms with Crippen LogP contribution in [-0.4, -0.2) is 30.1 Å². The molecule has 0 amide bonds. The summed E-state index contributed by atoms with van der Waals surface area (Å²) in [6, 6.07) is 3.84. The fraction of sp³-hybridized carbons (Fsp3) is 0.182. The van der Waals surface area contributed by atoms with Crippen molar-refractivity contribution in [1.29, 1.82) is 0 Å². The monoisotopic (exact) mass is 311 g/mol. The van der Waals surface area contributed by atoms with Gasteiger partial charge in [-0.2, -0.15) is 5.10 Å². The number of rotatable bonds is 6. The van der Waals surface area contributed by atoms with Gasteiger partial charge in [0.05, 0.1) is 16.8 Å². The van der Waals surface area contributed by atoms with Gasteiger partial charge in [0.25, 0.3) is 15.7 Å². The standard InChI is InChI=1S/C11H13N5O4S/c1-2-12-8-3-4-10(16(17)18)11(5-8)21(19,20)15-9-6-13-14-7-9/h3-7,12,15H,2H2,1H3,(H,13,14). The summed E-state index contributed by atoms with van der Waals surface area (Å²) < 4.78 is 26.8. The number of sulfonamides is 1. The maximum absolute atomic E-state index is 12.3. The maximum atomic E-state index is 12.3. The van der Waals surface area contributed by atoms with Crippen molar-refractivity contribution in [3.8, 4) is 0 Å². The Labute approximate surface area is 120 Å². The van der Waals surface area contributed by atoms with Crippen molar-refractivity contribution in [2.24, 2.45) is 0 Å². The SMILES string of the molecule is CCNc1ccc([N+](=O)[O-])c(S(=O)(=O)Nc2cn[nH]c2)c1. The van der Waals surface area contributed by atoms with Crippen molar-refractivity contribution < 1.29 is 13.3 Å². The second kappa shape index (κ2) is 5.79. The number of anilines is 2. The molecule has 112 valence electrons. The van der Waals surface area contributed by atoms with Gasteiger partial charge in [-0.05, 0) is 19.1 Å². The van der Waals surface area contributed by atoms with Gasteiger partial charge in [-0.25, -0.2) is 8.42 Å². The van der Waals surface area contributed by atoms with E-state index in [0.717, 1.165) is 6.07 Å². The zero-order valence-corrected chi connectivity index (χ0v) is 11.8. The van der Waals surface area contributed by atoms with E-state index in [1.54, 1.807) is 0 Å². The molecule has 21 heavy (non-hydrogen) atoms. The summed E-state index contributed by atoms with van der Waals surface area (Å²) in [7, 11) is -4.09. The second-order valence-corrected chi connectivity index (χ2v) is 5.71. The van der Waals surface area contributed by atoms with E-state index >= 15 is 0 Å². The molecular weight excluding hydrogens is 298 g/mol. The van der Waals surface area contributed by atoms with E-state index in [1.807, 2.05) is 6.92 Å². The summed E-state index contributed by atoms with van der Waals surface area (Å²) in [6.45, 7) is 2.39. The van der Waals surface area contributed by atoms with Crippen LogP contribution in [0.4, 0.5) is 17.1 Å². The number of nitro benzene ring substituents is 1. The molecular formula is C11H13N5O4S. The number of H-pyrrole nitrogens is 1. The smallest absolute Gasteiger partial charge is 0.290 e. The predicted octanol–water partition coefficient (Wildman–Crippen LogP) is 1.55. The molecule has 1 aromatic heterocycles. The highest BCUT2D eigenvalue weighted by atomic mass is 32.2. The lowest BCUT2D eigenvalue weighted by atomic mass is 10.3. The van der Waals surface area contributed by atoms with Gasteiger partial charge < -0.3 is 5.32 Å². The molecule has 0 radical (unpaired) electrons. The zero-order valence-electron chi connectivity index (χ0n) is 11.0. The van der Waals surface area contributed by atoms with E-state index in [0.29, 0.717) is 12.2 Å². The van der Waals surface area contributed by atoms with E-state index in [9.17, 15) is 18.5 Å². The van der Waals surface area contributed by atoms with Gasteiger partial charge in [0.1, 0.15) is 0 Å². The van der Waals surface area contributed by atoms with Crippen LogP contribution in [0.1, 0.15) is 6.92 Å². The molecule has 0 bridgehead atoms. The van der Waals surface area contributed by atoms with Gasteiger partial charge >= 0.3 is 0 Å². The summed E-state index contributed by atoms with van der Waals surface area (Å²) in [5, 5.41) is 20.0. The fourth-order valence-electron chi connectivity index (χ4n) is 1.71. The average Bonchev–Trinajstić information content (AvgIpc) is 2.91. The van der Waals surface area contributed by atoms with E-state index in [2.05, 4.69) is 20.2 Å². The molecule has 0 aliphatic carbocycles. The molecule has 1 aromatic carbocycles. The number of benzene rings is 1. The van der Waals surface area contributed by atoms with E-state index in [-0.39, 0.29) is 5.69 Å². The third-order valence-corrected chi connectivity index (χ3v) is 3.99. The van der Waals surface area contributed by atoms with Crippen molar-refractivity contribution in [3.63, 3.8) is 0 Å². The molecule has 0 aliphatic rings. The molecule has 3 N–H and O–H groups in total. The first-order valence-electron chi connectivity index (χ1n) is 5.98.